The van der Waals surface area contributed by atoms with E-state index < -0.39 is 5.97 Å². The average Bonchev–Trinajstić information content (AvgIpc) is 2.41. The van der Waals surface area contributed by atoms with Gasteiger partial charge in [-0.25, -0.2) is 0 Å². The molecule has 0 saturated carbocycles. The SMILES string of the molecule is CSc1ccc(C(=O)CCCCCCC(=O)O)c(Cl)c1. The molecule has 0 unspecified atom stereocenters. The number of hydrogen-bond donors (Lipinski definition) is 1. The van der Waals surface area contributed by atoms with Crippen molar-refractivity contribution in [3.8, 4) is 0 Å². The number of carbonyl (C=O) groups is 2. The predicted molar refractivity (Wildman–Crippen MR) is 82.9 cm³/mol. The number of ketones is 1. The Morgan fingerprint density at radius 3 is 2.35 bits per heavy atom. The molecule has 1 N–H and O–H groups in total. The number of carboxylic acid groups (broad SMARTS) is 1. The Kier molecular flexibility index (Phi) is 7.70. The molecule has 1 aromatic rings. The van der Waals surface area contributed by atoms with Crippen LogP contribution in [0.3, 0.4) is 0 Å². The topological polar surface area (TPSA) is 54.4 Å². The van der Waals surface area contributed by atoms with Crippen LogP contribution in [0, 0.1) is 0 Å². The molecule has 0 heterocycles. The van der Waals surface area contributed by atoms with Crippen LogP contribution in [0.5, 0.6) is 0 Å². The quantitative estimate of drug-likeness (QED) is 0.409. The lowest BCUT2D eigenvalue weighted by Crippen LogP contribution is -2.00. The van der Waals surface area contributed by atoms with Gasteiger partial charge in [-0.3, -0.25) is 9.59 Å². The first-order valence-electron chi connectivity index (χ1n) is 6.63. The van der Waals surface area contributed by atoms with E-state index in [1.54, 1.807) is 17.8 Å². The number of Topliss-reactive ketones (excluding diaryl/α,β-unsaturated/α-hetero) is 1. The van der Waals surface area contributed by atoms with Gasteiger partial charge in [-0.05, 0) is 37.3 Å². The van der Waals surface area contributed by atoms with Crippen LogP contribution in [0.1, 0.15) is 48.9 Å². The summed E-state index contributed by atoms with van der Waals surface area (Å²) < 4.78 is 0. The molecule has 0 spiro atoms. The van der Waals surface area contributed by atoms with Gasteiger partial charge in [0, 0.05) is 23.3 Å². The number of benzene rings is 1. The number of rotatable bonds is 9. The van der Waals surface area contributed by atoms with E-state index in [2.05, 4.69) is 0 Å². The lowest BCUT2D eigenvalue weighted by Gasteiger charge is -2.05. The maximum Gasteiger partial charge on any atom is 0.303 e. The maximum atomic E-state index is 12.0. The Bertz CT molecular complexity index is 474. The van der Waals surface area contributed by atoms with Crippen molar-refractivity contribution < 1.29 is 14.7 Å². The summed E-state index contributed by atoms with van der Waals surface area (Å²) in [5.41, 5.74) is 0.579. The highest BCUT2D eigenvalue weighted by Crippen LogP contribution is 2.24. The standard InChI is InChI=1S/C15H19ClO3S/c1-20-11-8-9-12(13(16)10-11)14(17)6-4-2-3-5-7-15(18)19/h8-10H,2-7H2,1H3,(H,18,19). The molecule has 0 aliphatic rings. The summed E-state index contributed by atoms with van der Waals surface area (Å²) in [6.07, 6.45) is 5.80. The van der Waals surface area contributed by atoms with E-state index in [4.69, 9.17) is 16.7 Å². The Hall–Kier alpha value is -1.00. The summed E-state index contributed by atoms with van der Waals surface area (Å²) in [4.78, 5) is 23.4. The average molecular weight is 315 g/mol. The molecule has 110 valence electrons. The van der Waals surface area contributed by atoms with Gasteiger partial charge in [-0.2, -0.15) is 0 Å². The normalized spacial score (nSPS) is 10.5. The molecule has 0 amide bonds. The van der Waals surface area contributed by atoms with Crippen molar-refractivity contribution in [3.63, 3.8) is 0 Å². The van der Waals surface area contributed by atoms with Crippen LogP contribution in [0.15, 0.2) is 23.1 Å². The number of halogens is 1. The summed E-state index contributed by atoms with van der Waals surface area (Å²) in [6, 6.07) is 5.49. The van der Waals surface area contributed by atoms with Gasteiger partial charge in [0.05, 0.1) is 5.02 Å². The molecule has 20 heavy (non-hydrogen) atoms. The van der Waals surface area contributed by atoms with Gasteiger partial charge in [-0.15, -0.1) is 11.8 Å². The second-order valence-corrected chi connectivity index (χ2v) is 5.86. The van der Waals surface area contributed by atoms with Gasteiger partial charge in [0.2, 0.25) is 0 Å². The highest BCUT2D eigenvalue weighted by molar-refractivity contribution is 7.98. The van der Waals surface area contributed by atoms with E-state index >= 15 is 0 Å². The summed E-state index contributed by atoms with van der Waals surface area (Å²) in [7, 11) is 0. The molecule has 0 aromatic heterocycles. The van der Waals surface area contributed by atoms with E-state index in [-0.39, 0.29) is 12.2 Å². The highest BCUT2D eigenvalue weighted by Gasteiger charge is 2.10. The van der Waals surface area contributed by atoms with Crippen LogP contribution in [0.25, 0.3) is 0 Å². The fraction of sp³-hybridized carbons (Fsp3) is 0.467. The Morgan fingerprint density at radius 1 is 1.15 bits per heavy atom. The zero-order valence-corrected chi connectivity index (χ0v) is 13.1. The zero-order chi connectivity index (χ0) is 15.0. The van der Waals surface area contributed by atoms with Gasteiger partial charge in [0.25, 0.3) is 0 Å². The molecule has 1 aromatic carbocycles. The summed E-state index contributed by atoms with van der Waals surface area (Å²) in [6.45, 7) is 0. The second kappa shape index (κ2) is 9.03. The number of unbranched alkanes of at least 4 members (excludes halogenated alkanes) is 3. The fourth-order valence-corrected chi connectivity index (χ4v) is 2.69. The largest absolute Gasteiger partial charge is 0.481 e. The molecule has 0 radical (unpaired) electrons. The van der Waals surface area contributed by atoms with Crippen molar-refractivity contribution in [2.45, 2.75) is 43.4 Å². The molecule has 0 atom stereocenters. The van der Waals surface area contributed by atoms with Crippen LogP contribution < -0.4 is 0 Å². The van der Waals surface area contributed by atoms with Crippen molar-refractivity contribution in [3.05, 3.63) is 28.8 Å². The van der Waals surface area contributed by atoms with Crippen LogP contribution in [0.4, 0.5) is 0 Å². The van der Waals surface area contributed by atoms with Crippen molar-refractivity contribution in [2.75, 3.05) is 6.26 Å². The molecule has 0 fully saturated rings. The van der Waals surface area contributed by atoms with E-state index in [0.29, 0.717) is 23.4 Å². The maximum absolute atomic E-state index is 12.0. The highest BCUT2D eigenvalue weighted by atomic mass is 35.5. The molecule has 0 aliphatic carbocycles. The molecule has 0 bridgehead atoms. The smallest absolute Gasteiger partial charge is 0.303 e. The van der Waals surface area contributed by atoms with Gasteiger partial charge in [0.1, 0.15) is 0 Å². The van der Waals surface area contributed by atoms with Crippen LogP contribution >= 0.6 is 23.4 Å². The molecule has 0 saturated heterocycles. The van der Waals surface area contributed by atoms with Crippen molar-refractivity contribution >= 4 is 35.1 Å². The van der Waals surface area contributed by atoms with E-state index in [9.17, 15) is 9.59 Å². The first-order chi connectivity index (χ1) is 9.54. The molecular formula is C15H19ClO3S. The van der Waals surface area contributed by atoms with E-state index in [1.165, 1.54) is 0 Å². The Morgan fingerprint density at radius 2 is 1.80 bits per heavy atom. The lowest BCUT2D eigenvalue weighted by molar-refractivity contribution is -0.137. The minimum Gasteiger partial charge on any atom is -0.481 e. The number of hydrogen-bond acceptors (Lipinski definition) is 3. The zero-order valence-electron chi connectivity index (χ0n) is 11.5. The Balaban J connectivity index is 2.34. The molecule has 1 rings (SSSR count). The van der Waals surface area contributed by atoms with Crippen molar-refractivity contribution in [1.82, 2.24) is 0 Å². The minimum atomic E-state index is -0.762. The summed E-state index contributed by atoms with van der Waals surface area (Å²) in [5.74, 6) is -0.706. The van der Waals surface area contributed by atoms with Crippen molar-refractivity contribution in [1.29, 1.82) is 0 Å². The van der Waals surface area contributed by atoms with Gasteiger partial charge in [0.15, 0.2) is 5.78 Å². The first-order valence-corrected chi connectivity index (χ1v) is 8.23. The van der Waals surface area contributed by atoms with Gasteiger partial charge < -0.3 is 5.11 Å². The number of thioether (sulfide) groups is 1. The first kappa shape index (κ1) is 17.1. The molecule has 3 nitrogen and oxygen atoms in total. The van der Waals surface area contributed by atoms with Crippen LogP contribution in [-0.2, 0) is 4.79 Å². The Labute approximate surface area is 128 Å². The molecule has 0 aliphatic heterocycles. The van der Waals surface area contributed by atoms with E-state index in [1.807, 2.05) is 18.4 Å². The third-order valence-corrected chi connectivity index (χ3v) is 4.06. The number of carboxylic acids is 1. The molecule has 5 heteroatoms. The van der Waals surface area contributed by atoms with E-state index in [0.717, 1.165) is 24.2 Å². The second-order valence-electron chi connectivity index (χ2n) is 4.58. The molecular weight excluding hydrogens is 296 g/mol. The van der Waals surface area contributed by atoms with Gasteiger partial charge in [-0.1, -0.05) is 24.4 Å². The third-order valence-electron chi connectivity index (χ3n) is 3.02. The third kappa shape index (κ3) is 5.97. The van der Waals surface area contributed by atoms with Crippen LogP contribution in [-0.4, -0.2) is 23.1 Å². The predicted octanol–water partition coefficient (Wildman–Crippen LogP) is 4.67. The monoisotopic (exact) mass is 314 g/mol. The summed E-state index contributed by atoms with van der Waals surface area (Å²) >= 11 is 7.69. The van der Waals surface area contributed by atoms with Gasteiger partial charge >= 0.3 is 5.97 Å². The number of aliphatic carboxylic acids is 1. The number of carbonyl (C=O) groups excluding carboxylic acids is 1. The minimum absolute atomic E-state index is 0.0564. The van der Waals surface area contributed by atoms with Crippen LogP contribution in [0.2, 0.25) is 5.02 Å². The summed E-state index contributed by atoms with van der Waals surface area (Å²) in [5, 5.41) is 9.02. The van der Waals surface area contributed by atoms with Crippen molar-refractivity contribution in [2.24, 2.45) is 0 Å². The lowest BCUT2D eigenvalue weighted by atomic mass is 10.0. The fourth-order valence-electron chi connectivity index (χ4n) is 1.90.